The van der Waals surface area contributed by atoms with Crippen molar-refractivity contribution in [3.8, 4) is 11.5 Å². The minimum atomic E-state index is -3.08. The van der Waals surface area contributed by atoms with Gasteiger partial charge in [-0.2, -0.15) is 4.98 Å². The molecule has 2 aromatic rings. The first-order valence-corrected chi connectivity index (χ1v) is 9.80. The van der Waals surface area contributed by atoms with Crippen molar-refractivity contribution in [3.63, 3.8) is 0 Å². The first-order valence-electron chi connectivity index (χ1n) is 7.95. The van der Waals surface area contributed by atoms with Crippen LogP contribution in [-0.4, -0.2) is 42.2 Å². The number of piperidine rings is 1. The largest absolute Gasteiger partial charge is 0.334 e. The lowest BCUT2D eigenvalue weighted by Gasteiger charge is -2.29. The number of benzene rings is 1. The molecule has 1 aromatic heterocycles. The number of aromatic nitrogens is 2. The molecule has 8 heteroatoms. The summed E-state index contributed by atoms with van der Waals surface area (Å²) in [7, 11) is -3.08. The van der Waals surface area contributed by atoms with Crippen LogP contribution in [0.5, 0.6) is 0 Å². The first-order chi connectivity index (χ1) is 11.4. The summed E-state index contributed by atoms with van der Waals surface area (Å²) < 4.78 is 42.7. The average Bonchev–Trinajstić information content (AvgIpc) is 3.02. The number of hydrogen-bond donors (Lipinski definition) is 0. The average molecular weight is 353 g/mol. The van der Waals surface area contributed by atoms with Crippen molar-refractivity contribution in [3.05, 3.63) is 35.9 Å². The predicted octanol–water partition coefficient (Wildman–Crippen LogP) is 2.48. The summed E-state index contributed by atoms with van der Waals surface area (Å²) in [6, 6.07) is 5.92. The summed E-state index contributed by atoms with van der Waals surface area (Å²) in [5, 5.41) is 3.97. The zero-order chi connectivity index (χ0) is 17.2. The van der Waals surface area contributed by atoms with Gasteiger partial charge >= 0.3 is 0 Å². The van der Waals surface area contributed by atoms with Crippen LogP contribution in [0.4, 0.5) is 4.39 Å². The van der Waals surface area contributed by atoms with Crippen LogP contribution in [0.1, 0.15) is 25.1 Å². The van der Waals surface area contributed by atoms with Crippen LogP contribution in [-0.2, 0) is 16.4 Å². The molecule has 1 fully saturated rings. The van der Waals surface area contributed by atoms with Crippen LogP contribution < -0.4 is 0 Å². The first kappa shape index (κ1) is 17.0. The molecule has 0 saturated carbocycles. The number of rotatable bonds is 5. The fraction of sp³-hybridized carbons (Fsp3) is 0.500. The van der Waals surface area contributed by atoms with E-state index in [1.807, 2.05) is 0 Å². The Balaban J connectivity index is 1.52. The maximum absolute atomic E-state index is 12.9. The molecule has 1 aromatic carbocycles. The smallest absolute Gasteiger partial charge is 0.257 e. The Hall–Kier alpha value is -1.80. The molecule has 0 bridgehead atoms. The lowest BCUT2D eigenvalue weighted by Crippen LogP contribution is -2.37. The number of hydrogen-bond acceptors (Lipinski definition) is 5. The van der Waals surface area contributed by atoms with Crippen molar-refractivity contribution in [2.45, 2.75) is 25.7 Å². The van der Waals surface area contributed by atoms with Gasteiger partial charge in [0.1, 0.15) is 5.82 Å². The maximum atomic E-state index is 12.9. The van der Waals surface area contributed by atoms with Crippen LogP contribution in [0.15, 0.2) is 28.8 Å². The van der Waals surface area contributed by atoms with E-state index in [1.54, 1.807) is 12.1 Å². The van der Waals surface area contributed by atoms with Gasteiger partial charge in [0.2, 0.25) is 10.0 Å². The molecular weight excluding hydrogens is 333 g/mol. The lowest BCUT2D eigenvalue weighted by molar-refractivity contribution is 0.263. The van der Waals surface area contributed by atoms with E-state index in [-0.39, 0.29) is 5.82 Å². The zero-order valence-electron chi connectivity index (χ0n) is 13.5. The Kier molecular flexibility index (Phi) is 4.96. The van der Waals surface area contributed by atoms with Crippen molar-refractivity contribution in [1.82, 2.24) is 14.4 Å². The van der Waals surface area contributed by atoms with Crippen LogP contribution in [0.3, 0.4) is 0 Å². The van der Waals surface area contributed by atoms with E-state index < -0.39 is 10.0 Å². The van der Waals surface area contributed by atoms with Crippen LogP contribution >= 0.6 is 0 Å². The van der Waals surface area contributed by atoms with Gasteiger partial charge in [-0.25, -0.2) is 17.1 Å². The molecule has 130 valence electrons. The highest BCUT2D eigenvalue weighted by Crippen LogP contribution is 2.24. The Labute approximate surface area is 140 Å². The molecule has 0 N–H and O–H groups in total. The lowest BCUT2D eigenvalue weighted by atomic mass is 9.93. The highest BCUT2D eigenvalue weighted by molar-refractivity contribution is 7.88. The number of sulfonamides is 1. The monoisotopic (exact) mass is 353 g/mol. The second-order valence-electron chi connectivity index (χ2n) is 6.17. The van der Waals surface area contributed by atoms with Crippen molar-refractivity contribution < 1.29 is 17.3 Å². The normalized spacial score (nSPS) is 17.2. The highest BCUT2D eigenvalue weighted by atomic mass is 32.2. The highest BCUT2D eigenvalue weighted by Gasteiger charge is 2.25. The molecule has 24 heavy (non-hydrogen) atoms. The summed E-state index contributed by atoms with van der Waals surface area (Å²) in [5.41, 5.74) is 0.691. The second-order valence-corrected chi connectivity index (χ2v) is 8.15. The minimum Gasteiger partial charge on any atom is -0.334 e. The van der Waals surface area contributed by atoms with E-state index in [0.717, 1.165) is 19.3 Å². The predicted molar refractivity (Wildman–Crippen MR) is 87.2 cm³/mol. The van der Waals surface area contributed by atoms with Gasteiger partial charge in [-0.3, -0.25) is 0 Å². The van der Waals surface area contributed by atoms with E-state index in [9.17, 15) is 12.8 Å². The Morgan fingerprint density at radius 1 is 1.25 bits per heavy atom. The molecule has 2 heterocycles. The maximum Gasteiger partial charge on any atom is 0.257 e. The summed E-state index contributed by atoms with van der Waals surface area (Å²) >= 11 is 0. The van der Waals surface area contributed by atoms with Crippen LogP contribution in [0, 0.1) is 11.7 Å². The molecule has 0 atom stereocenters. The van der Waals surface area contributed by atoms with Crippen molar-refractivity contribution in [1.29, 1.82) is 0 Å². The van der Waals surface area contributed by atoms with E-state index in [4.69, 9.17) is 4.52 Å². The van der Waals surface area contributed by atoms with E-state index >= 15 is 0 Å². The molecule has 1 aliphatic heterocycles. The third kappa shape index (κ3) is 4.18. The number of aryl methyl sites for hydroxylation is 1. The van der Waals surface area contributed by atoms with E-state index in [2.05, 4.69) is 10.1 Å². The summed E-state index contributed by atoms with van der Waals surface area (Å²) in [5.74, 6) is 1.17. The molecule has 1 aliphatic rings. The van der Waals surface area contributed by atoms with Crippen LogP contribution in [0.2, 0.25) is 0 Å². The Morgan fingerprint density at radius 2 is 1.92 bits per heavy atom. The van der Waals surface area contributed by atoms with Gasteiger partial charge in [0.25, 0.3) is 5.89 Å². The fourth-order valence-electron chi connectivity index (χ4n) is 2.93. The zero-order valence-corrected chi connectivity index (χ0v) is 14.3. The third-order valence-electron chi connectivity index (χ3n) is 4.38. The molecule has 0 amide bonds. The van der Waals surface area contributed by atoms with Gasteiger partial charge in [-0.15, -0.1) is 0 Å². The molecular formula is C16H20FN3O3S. The second kappa shape index (κ2) is 6.98. The topological polar surface area (TPSA) is 76.3 Å². The van der Waals surface area contributed by atoms with Crippen LogP contribution in [0.25, 0.3) is 11.5 Å². The van der Waals surface area contributed by atoms with Crippen molar-refractivity contribution >= 4 is 10.0 Å². The van der Waals surface area contributed by atoms with Gasteiger partial charge in [0, 0.05) is 25.1 Å². The third-order valence-corrected chi connectivity index (χ3v) is 5.68. The van der Waals surface area contributed by atoms with Gasteiger partial charge in [-0.05, 0) is 49.4 Å². The van der Waals surface area contributed by atoms with Gasteiger partial charge < -0.3 is 4.52 Å². The van der Waals surface area contributed by atoms with E-state index in [1.165, 1.54) is 22.7 Å². The summed E-state index contributed by atoms with van der Waals surface area (Å²) in [4.78, 5) is 4.34. The summed E-state index contributed by atoms with van der Waals surface area (Å²) in [6.45, 7) is 1.16. The number of halogens is 1. The minimum absolute atomic E-state index is 0.307. The quantitative estimate of drug-likeness (QED) is 0.825. The molecule has 6 nitrogen and oxygen atoms in total. The van der Waals surface area contributed by atoms with Gasteiger partial charge in [0.05, 0.1) is 6.26 Å². The molecule has 0 radical (unpaired) electrons. The Morgan fingerprint density at radius 3 is 2.54 bits per heavy atom. The SMILES string of the molecule is CS(=O)(=O)N1CCC(CCc2noc(-c3ccc(F)cc3)n2)CC1. The molecule has 0 spiro atoms. The Bertz CT molecular complexity index is 781. The van der Waals surface area contributed by atoms with Crippen molar-refractivity contribution in [2.75, 3.05) is 19.3 Å². The molecule has 0 unspecified atom stereocenters. The van der Waals surface area contributed by atoms with Crippen molar-refractivity contribution in [2.24, 2.45) is 5.92 Å². The number of nitrogens with zero attached hydrogens (tertiary/aromatic N) is 3. The standard InChI is InChI=1S/C16H20FN3O3S/c1-24(21,22)20-10-8-12(9-11-20)2-7-15-18-16(23-19-15)13-3-5-14(17)6-4-13/h3-6,12H,2,7-11H2,1H3. The fourth-order valence-corrected chi connectivity index (χ4v) is 3.80. The molecule has 3 rings (SSSR count). The van der Waals surface area contributed by atoms with E-state index in [0.29, 0.717) is 42.7 Å². The summed E-state index contributed by atoms with van der Waals surface area (Å²) in [6.07, 6.45) is 4.56. The van der Waals surface area contributed by atoms with Gasteiger partial charge in [-0.1, -0.05) is 5.16 Å². The molecule has 1 saturated heterocycles. The van der Waals surface area contributed by atoms with Gasteiger partial charge in [0.15, 0.2) is 5.82 Å². The molecule has 0 aliphatic carbocycles.